The molecule has 0 aromatic heterocycles. The monoisotopic (exact) mass is 499 g/mol. The maximum absolute atomic E-state index is 5.64. The molecule has 0 saturated carbocycles. The molecule has 0 fully saturated rings. The fourth-order valence-corrected chi connectivity index (χ4v) is 2.51. The lowest BCUT2D eigenvalue weighted by Gasteiger charge is -2.13. The SMILES string of the molecule is CN=C(NCCc1ccc(OC)cc1)NCc1cccc(OCCOC)c1.I. The summed E-state index contributed by atoms with van der Waals surface area (Å²) in [5.74, 6) is 2.49. The summed E-state index contributed by atoms with van der Waals surface area (Å²) in [4.78, 5) is 4.27. The van der Waals surface area contributed by atoms with Gasteiger partial charge in [0.05, 0.1) is 13.7 Å². The van der Waals surface area contributed by atoms with Crippen LogP contribution in [0.3, 0.4) is 0 Å². The Labute approximate surface area is 184 Å². The number of rotatable bonds is 10. The van der Waals surface area contributed by atoms with Crippen molar-refractivity contribution < 1.29 is 14.2 Å². The maximum atomic E-state index is 5.64. The molecule has 0 bridgehead atoms. The van der Waals surface area contributed by atoms with E-state index in [1.807, 2.05) is 30.3 Å². The van der Waals surface area contributed by atoms with E-state index in [4.69, 9.17) is 14.2 Å². The molecule has 0 heterocycles. The zero-order valence-corrected chi connectivity index (χ0v) is 19.1. The lowest BCUT2D eigenvalue weighted by atomic mass is 10.1. The predicted molar refractivity (Wildman–Crippen MR) is 124 cm³/mol. The first-order chi connectivity index (χ1) is 13.2. The van der Waals surface area contributed by atoms with Gasteiger partial charge >= 0.3 is 0 Å². The number of nitrogens with zero attached hydrogens (tertiary/aromatic N) is 1. The molecule has 2 rings (SSSR count). The third-order valence-electron chi connectivity index (χ3n) is 4.00. The minimum Gasteiger partial charge on any atom is -0.497 e. The zero-order chi connectivity index (χ0) is 19.3. The average molecular weight is 499 g/mol. The minimum absolute atomic E-state index is 0. The number of halogens is 1. The predicted octanol–water partition coefficient (Wildman–Crippen LogP) is 3.25. The molecule has 0 aliphatic heterocycles. The highest BCUT2D eigenvalue weighted by molar-refractivity contribution is 14.0. The molecule has 0 saturated heterocycles. The topological polar surface area (TPSA) is 64.1 Å². The number of aliphatic imine (C=N–C) groups is 1. The number of ether oxygens (including phenoxy) is 3. The molecule has 0 aliphatic carbocycles. The van der Waals surface area contributed by atoms with Gasteiger partial charge in [-0.1, -0.05) is 24.3 Å². The van der Waals surface area contributed by atoms with Gasteiger partial charge in [-0.3, -0.25) is 4.99 Å². The molecule has 7 heteroatoms. The highest BCUT2D eigenvalue weighted by Gasteiger charge is 2.01. The van der Waals surface area contributed by atoms with Crippen LogP contribution in [0.15, 0.2) is 53.5 Å². The lowest BCUT2D eigenvalue weighted by Crippen LogP contribution is -2.37. The fourth-order valence-electron chi connectivity index (χ4n) is 2.51. The summed E-state index contributed by atoms with van der Waals surface area (Å²) in [6.45, 7) is 2.59. The molecule has 2 aromatic carbocycles. The summed E-state index contributed by atoms with van der Waals surface area (Å²) < 4.78 is 15.8. The van der Waals surface area contributed by atoms with E-state index in [9.17, 15) is 0 Å². The first-order valence-corrected chi connectivity index (χ1v) is 9.03. The molecule has 154 valence electrons. The van der Waals surface area contributed by atoms with Crippen LogP contribution in [-0.2, 0) is 17.7 Å². The number of methoxy groups -OCH3 is 2. The van der Waals surface area contributed by atoms with E-state index in [0.29, 0.717) is 19.8 Å². The quantitative estimate of drug-likeness (QED) is 0.228. The molecule has 2 N–H and O–H groups in total. The number of benzene rings is 2. The van der Waals surface area contributed by atoms with Crippen LogP contribution in [0.25, 0.3) is 0 Å². The Balaban J connectivity index is 0.00000392. The van der Waals surface area contributed by atoms with E-state index >= 15 is 0 Å². The molecule has 0 radical (unpaired) electrons. The van der Waals surface area contributed by atoms with E-state index in [-0.39, 0.29) is 24.0 Å². The Morgan fingerprint density at radius 2 is 1.71 bits per heavy atom. The normalized spacial score (nSPS) is 10.8. The highest BCUT2D eigenvalue weighted by Crippen LogP contribution is 2.13. The van der Waals surface area contributed by atoms with Gasteiger partial charge in [0.25, 0.3) is 0 Å². The molecule has 0 amide bonds. The third kappa shape index (κ3) is 8.79. The number of guanidine groups is 1. The standard InChI is InChI=1S/C21H29N3O3.HI/c1-22-21(23-12-11-17-7-9-19(26-3)10-8-17)24-16-18-5-4-6-20(15-18)27-14-13-25-2;/h4-10,15H,11-14,16H2,1-3H3,(H2,22,23,24);1H. The van der Waals surface area contributed by atoms with E-state index in [0.717, 1.165) is 36.0 Å². The second-order valence-electron chi connectivity index (χ2n) is 5.94. The van der Waals surface area contributed by atoms with Crippen molar-refractivity contribution in [2.24, 2.45) is 4.99 Å². The van der Waals surface area contributed by atoms with Gasteiger partial charge in [-0.15, -0.1) is 24.0 Å². The Morgan fingerprint density at radius 3 is 2.39 bits per heavy atom. The Bertz CT molecular complexity index is 708. The Kier molecular flexibility index (Phi) is 12.1. The average Bonchev–Trinajstić information content (AvgIpc) is 2.71. The van der Waals surface area contributed by atoms with Gasteiger partial charge in [0.1, 0.15) is 18.1 Å². The zero-order valence-electron chi connectivity index (χ0n) is 16.7. The van der Waals surface area contributed by atoms with E-state index in [1.54, 1.807) is 21.3 Å². The van der Waals surface area contributed by atoms with Crippen molar-refractivity contribution in [3.63, 3.8) is 0 Å². The Morgan fingerprint density at radius 1 is 0.929 bits per heavy atom. The van der Waals surface area contributed by atoms with Crippen LogP contribution in [-0.4, -0.2) is 47.0 Å². The second-order valence-corrected chi connectivity index (χ2v) is 5.94. The molecule has 0 unspecified atom stereocenters. The van der Waals surface area contributed by atoms with Crippen molar-refractivity contribution in [3.8, 4) is 11.5 Å². The second kappa shape index (κ2) is 14.1. The van der Waals surface area contributed by atoms with Crippen molar-refractivity contribution >= 4 is 29.9 Å². The van der Waals surface area contributed by atoms with Crippen LogP contribution in [0, 0.1) is 0 Å². The summed E-state index contributed by atoms with van der Waals surface area (Å²) in [5, 5.41) is 6.66. The first-order valence-electron chi connectivity index (χ1n) is 9.03. The molecule has 0 atom stereocenters. The van der Waals surface area contributed by atoms with E-state index in [1.165, 1.54) is 5.56 Å². The molecular formula is C21H30IN3O3. The smallest absolute Gasteiger partial charge is 0.191 e. The summed E-state index contributed by atoms with van der Waals surface area (Å²) in [6.07, 6.45) is 0.910. The number of nitrogens with one attached hydrogen (secondary N) is 2. The van der Waals surface area contributed by atoms with Crippen LogP contribution in [0.2, 0.25) is 0 Å². The van der Waals surface area contributed by atoms with Gasteiger partial charge < -0.3 is 24.8 Å². The van der Waals surface area contributed by atoms with Crippen LogP contribution in [0.5, 0.6) is 11.5 Å². The summed E-state index contributed by atoms with van der Waals surface area (Å²) in [5.41, 5.74) is 2.38. The minimum atomic E-state index is 0. The maximum Gasteiger partial charge on any atom is 0.191 e. The molecule has 0 aliphatic rings. The van der Waals surface area contributed by atoms with E-state index in [2.05, 4.69) is 33.8 Å². The molecule has 6 nitrogen and oxygen atoms in total. The van der Waals surface area contributed by atoms with Gasteiger partial charge in [0, 0.05) is 27.2 Å². The highest BCUT2D eigenvalue weighted by atomic mass is 127. The van der Waals surface area contributed by atoms with Gasteiger partial charge in [0.2, 0.25) is 0 Å². The van der Waals surface area contributed by atoms with Gasteiger partial charge in [-0.2, -0.15) is 0 Å². The van der Waals surface area contributed by atoms with Crippen LogP contribution in [0.1, 0.15) is 11.1 Å². The van der Waals surface area contributed by atoms with Crippen molar-refractivity contribution in [1.82, 2.24) is 10.6 Å². The van der Waals surface area contributed by atoms with Crippen LogP contribution >= 0.6 is 24.0 Å². The van der Waals surface area contributed by atoms with Crippen molar-refractivity contribution in [2.75, 3.05) is 41.0 Å². The number of hydrogen-bond donors (Lipinski definition) is 2. The van der Waals surface area contributed by atoms with Crippen molar-refractivity contribution in [2.45, 2.75) is 13.0 Å². The van der Waals surface area contributed by atoms with Gasteiger partial charge in [-0.05, 0) is 41.8 Å². The van der Waals surface area contributed by atoms with Gasteiger partial charge in [0.15, 0.2) is 5.96 Å². The van der Waals surface area contributed by atoms with Crippen LogP contribution < -0.4 is 20.1 Å². The molecule has 0 spiro atoms. The summed E-state index contributed by atoms with van der Waals surface area (Å²) in [7, 11) is 5.11. The Hall–Kier alpha value is -2.00. The lowest BCUT2D eigenvalue weighted by molar-refractivity contribution is 0.146. The van der Waals surface area contributed by atoms with Crippen molar-refractivity contribution in [1.29, 1.82) is 0 Å². The first kappa shape index (κ1) is 24.0. The molecule has 2 aromatic rings. The van der Waals surface area contributed by atoms with E-state index < -0.39 is 0 Å². The fraction of sp³-hybridized carbons (Fsp3) is 0.381. The largest absolute Gasteiger partial charge is 0.497 e. The van der Waals surface area contributed by atoms with Gasteiger partial charge in [-0.25, -0.2) is 0 Å². The third-order valence-corrected chi connectivity index (χ3v) is 4.00. The number of hydrogen-bond acceptors (Lipinski definition) is 4. The van der Waals surface area contributed by atoms with Crippen LogP contribution in [0.4, 0.5) is 0 Å². The summed E-state index contributed by atoms with van der Waals surface area (Å²) >= 11 is 0. The van der Waals surface area contributed by atoms with Crippen molar-refractivity contribution in [3.05, 3.63) is 59.7 Å². The summed E-state index contributed by atoms with van der Waals surface area (Å²) in [6, 6.07) is 16.1. The molecular weight excluding hydrogens is 469 g/mol. The molecule has 28 heavy (non-hydrogen) atoms.